The van der Waals surface area contributed by atoms with Crippen molar-refractivity contribution >= 4 is 0 Å². The van der Waals surface area contributed by atoms with Crippen molar-refractivity contribution in [3.05, 3.63) is 30.1 Å². The first-order valence-corrected chi connectivity index (χ1v) is 5.84. The van der Waals surface area contributed by atoms with Crippen molar-refractivity contribution in [3.8, 4) is 5.75 Å². The van der Waals surface area contributed by atoms with Gasteiger partial charge in [0.05, 0.1) is 6.61 Å². The van der Waals surface area contributed by atoms with Crippen molar-refractivity contribution in [3.63, 3.8) is 0 Å². The Morgan fingerprint density at radius 1 is 1.31 bits per heavy atom. The summed E-state index contributed by atoms with van der Waals surface area (Å²) in [7, 11) is 0. The molecule has 0 heterocycles. The van der Waals surface area contributed by atoms with Crippen molar-refractivity contribution in [2.45, 2.75) is 32.7 Å². The molecule has 1 aromatic rings. The molecule has 1 rings (SSSR count). The van der Waals surface area contributed by atoms with E-state index in [9.17, 15) is 4.39 Å². The van der Waals surface area contributed by atoms with Gasteiger partial charge in [0.15, 0.2) is 0 Å². The van der Waals surface area contributed by atoms with E-state index in [-0.39, 0.29) is 5.82 Å². The molecule has 3 heteroatoms. The van der Waals surface area contributed by atoms with Crippen LogP contribution in [-0.4, -0.2) is 19.2 Å². The predicted octanol–water partition coefficient (Wildman–Crippen LogP) is 2.98. The smallest absolute Gasteiger partial charge is 0.123 e. The topological polar surface area (TPSA) is 21.3 Å². The Morgan fingerprint density at radius 3 is 2.62 bits per heavy atom. The highest BCUT2D eigenvalue weighted by molar-refractivity contribution is 5.21. The Morgan fingerprint density at radius 2 is 2.00 bits per heavy atom. The van der Waals surface area contributed by atoms with Gasteiger partial charge < -0.3 is 10.1 Å². The number of rotatable bonds is 7. The second kappa shape index (κ2) is 7.23. The molecule has 1 atom stereocenters. The maximum Gasteiger partial charge on any atom is 0.123 e. The Bertz CT molecular complexity index is 286. The minimum absolute atomic E-state index is 0.231. The zero-order chi connectivity index (χ0) is 11.8. The van der Waals surface area contributed by atoms with Gasteiger partial charge in [-0.15, -0.1) is 0 Å². The molecular weight excluding hydrogens is 205 g/mol. The third-order valence-corrected chi connectivity index (χ3v) is 2.51. The molecule has 0 radical (unpaired) electrons. The van der Waals surface area contributed by atoms with E-state index in [0.29, 0.717) is 12.6 Å². The van der Waals surface area contributed by atoms with Crippen molar-refractivity contribution in [1.82, 2.24) is 5.32 Å². The normalized spacial score (nSPS) is 12.4. The van der Waals surface area contributed by atoms with E-state index in [4.69, 9.17) is 4.74 Å². The third-order valence-electron chi connectivity index (χ3n) is 2.51. The minimum atomic E-state index is -0.231. The molecule has 1 N–H and O–H groups in total. The molecule has 0 spiro atoms. The quantitative estimate of drug-likeness (QED) is 0.720. The lowest BCUT2D eigenvalue weighted by Crippen LogP contribution is -2.27. The molecule has 1 aromatic carbocycles. The number of halogens is 1. The van der Waals surface area contributed by atoms with E-state index in [1.54, 1.807) is 12.1 Å². The van der Waals surface area contributed by atoms with E-state index in [1.807, 2.05) is 0 Å². The summed E-state index contributed by atoms with van der Waals surface area (Å²) in [4.78, 5) is 0. The van der Waals surface area contributed by atoms with Crippen LogP contribution in [0.1, 0.15) is 26.7 Å². The van der Waals surface area contributed by atoms with Crippen LogP contribution in [0.2, 0.25) is 0 Å². The Labute approximate surface area is 96.8 Å². The monoisotopic (exact) mass is 225 g/mol. The Balaban J connectivity index is 2.09. The van der Waals surface area contributed by atoms with Crippen LogP contribution >= 0.6 is 0 Å². The van der Waals surface area contributed by atoms with Gasteiger partial charge in [0, 0.05) is 6.04 Å². The molecule has 0 aliphatic heterocycles. The molecule has 16 heavy (non-hydrogen) atoms. The second-order valence-electron chi connectivity index (χ2n) is 3.92. The lowest BCUT2D eigenvalue weighted by Gasteiger charge is -2.11. The summed E-state index contributed by atoms with van der Waals surface area (Å²) >= 11 is 0. The van der Waals surface area contributed by atoms with Gasteiger partial charge in [-0.2, -0.15) is 0 Å². The number of benzene rings is 1. The van der Waals surface area contributed by atoms with Crippen LogP contribution in [0.4, 0.5) is 4.39 Å². The van der Waals surface area contributed by atoms with Crippen LogP contribution in [0, 0.1) is 5.82 Å². The van der Waals surface area contributed by atoms with E-state index in [0.717, 1.165) is 25.1 Å². The summed E-state index contributed by atoms with van der Waals surface area (Å²) in [5.41, 5.74) is 0. The van der Waals surface area contributed by atoms with Crippen molar-refractivity contribution in [1.29, 1.82) is 0 Å². The molecule has 90 valence electrons. The highest BCUT2D eigenvalue weighted by Crippen LogP contribution is 2.10. The summed E-state index contributed by atoms with van der Waals surface area (Å²) in [5, 5.41) is 3.39. The first-order chi connectivity index (χ1) is 7.72. The van der Waals surface area contributed by atoms with Crippen LogP contribution in [-0.2, 0) is 0 Å². The lowest BCUT2D eigenvalue weighted by molar-refractivity contribution is 0.304. The van der Waals surface area contributed by atoms with Gasteiger partial charge in [-0.1, -0.05) is 6.92 Å². The van der Waals surface area contributed by atoms with Crippen LogP contribution in [0.3, 0.4) is 0 Å². The van der Waals surface area contributed by atoms with Crippen LogP contribution < -0.4 is 10.1 Å². The summed E-state index contributed by atoms with van der Waals surface area (Å²) in [6.45, 7) is 5.94. The van der Waals surface area contributed by atoms with Gasteiger partial charge in [0.25, 0.3) is 0 Å². The summed E-state index contributed by atoms with van der Waals surface area (Å²) in [6, 6.07) is 6.68. The zero-order valence-electron chi connectivity index (χ0n) is 10.0. The fraction of sp³-hybridized carbons (Fsp3) is 0.538. The zero-order valence-corrected chi connectivity index (χ0v) is 10.0. The van der Waals surface area contributed by atoms with E-state index in [2.05, 4.69) is 19.2 Å². The second-order valence-corrected chi connectivity index (χ2v) is 3.92. The molecule has 2 nitrogen and oxygen atoms in total. The van der Waals surface area contributed by atoms with Gasteiger partial charge in [-0.05, 0) is 50.6 Å². The van der Waals surface area contributed by atoms with Crippen LogP contribution in [0.5, 0.6) is 5.75 Å². The first-order valence-electron chi connectivity index (χ1n) is 5.84. The van der Waals surface area contributed by atoms with E-state index >= 15 is 0 Å². The number of ether oxygens (including phenoxy) is 1. The highest BCUT2D eigenvalue weighted by Gasteiger charge is 1.97. The summed E-state index contributed by atoms with van der Waals surface area (Å²) in [5.74, 6) is 0.496. The molecule has 0 amide bonds. The average Bonchev–Trinajstić information content (AvgIpc) is 2.31. The number of hydrogen-bond acceptors (Lipinski definition) is 2. The molecule has 0 saturated heterocycles. The lowest BCUT2D eigenvalue weighted by atomic mass is 10.2. The number of hydrogen-bond donors (Lipinski definition) is 1. The fourth-order valence-electron chi connectivity index (χ4n) is 1.29. The fourth-order valence-corrected chi connectivity index (χ4v) is 1.29. The predicted molar refractivity (Wildman–Crippen MR) is 64.3 cm³/mol. The molecule has 0 aromatic heterocycles. The van der Waals surface area contributed by atoms with Gasteiger partial charge in [-0.25, -0.2) is 4.39 Å². The van der Waals surface area contributed by atoms with Gasteiger partial charge >= 0.3 is 0 Å². The van der Waals surface area contributed by atoms with Gasteiger partial charge in [0.1, 0.15) is 11.6 Å². The van der Waals surface area contributed by atoms with Crippen molar-refractivity contribution in [2.24, 2.45) is 0 Å². The molecular formula is C13H20FNO. The van der Waals surface area contributed by atoms with Gasteiger partial charge in [0.2, 0.25) is 0 Å². The molecule has 0 aliphatic rings. The third kappa shape index (κ3) is 5.12. The molecule has 0 bridgehead atoms. The molecule has 0 fully saturated rings. The molecule has 0 saturated carbocycles. The number of nitrogens with one attached hydrogen (secondary N) is 1. The largest absolute Gasteiger partial charge is 0.494 e. The van der Waals surface area contributed by atoms with Gasteiger partial charge in [-0.3, -0.25) is 0 Å². The summed E-state index contributed by atoms with van der Waals surface area (Å²) in [6.07, 6.45) is 2.10. The van der Waals surface area contributed by atoms with Crippen LogP contribution in [0.15, 0.2) is 24.3 Å². The van der Waals surface area contributed by atoms with Crippen molar-refractivity contribution < 1.29 is 9.13 Å². The molecule has 0 aliphatic carbocycles. The van der Waals surface area contributed by atoms with Crippen molar-refractivity contribution in [2.75, 3.05) is 13.2 Å². The highest BCUT2D eigenvalue weighted by atomic mass is 19.1. The Kier molecular flexibility index (Phi) is 5.86. The standard InChI is InChI=1S/C13H20FNO/c1-3-11(2)15-9-4-10-16-13-7-5-12(14)6-8-13/h5-8,11,15H,3-4,9-10H2,1-2H3. The maximum absolute atomic E-state index is 12.6. The summed E-state index contributed by atoms with van der Waals surface area (Å²) < 4.78 is 18.1. The maximum atomic E-state index is 12.6. The first kappa shape index (κ1) is 13.0. The van der Waals surface area contributed by atoms with E-state index in [1.165, 1.54) is 12.1 Å². The minimum Gasteiger partial charge on any atom is -0.494 e. The molecule has 1 unspecified atom stereocenters. The average molecular weight is 225 g/mol. The Hall–Kier alpha value is -1.09. The SMILES string of the molecule is CCC(C)NCCCOc1ccc(F)cc1. The van der Waals surface area contributed by atoms with Crippen LogP contribution in [0.25, 0.3) is 0 Å². The van der Waals surface area contributed by atoms with E-state index < -0.39 is 0 Å².